The topological polar surface area (TPSA) is 222 Å². The van der Waals surface area contributed by atoms with E-state index in [9.17, 15) is 24.8 Å². The Morgan fingerprint density at radius 3 is 2.51 bits per heavy atom. The smallest absolute Gasteiger partial charge is 0.408 e. The molecule has 1 aliphatic carbocycles. The van der Waals surface area contributed by atoms with E-state index in [0.717, 1.165) is 25.6 Å². The van der Waals surface area contributed by atoms with Crippen LogP contribution in [0.25, 0.3) is 0 Å². The summed E-state index contributed by atoms with van der Waals surface area (Å²) < 4.78 is 22.6. The van der Waals surface area contributed by atoms with Crippen LogP contribution in [0.2, 0.25) is 0 Å². The van der Waals surface area contributed by atoms with Gasteiger partial charge >= 0.3 is 18.0 Å². The number of alkyl carbamates (subject to hydrolysis) is 1. The monoisotopic (exact) mass is 602 g/mol. The molecule has 1 aromatic heterocycles. The highest BCUT2D eigenvalue weighted by molar-refractivity contribution is 5.99. The van der Waals surface area contributed by atoms with E-state index < -0.39 is 65.6 Å². The SMILES string of the molecule is CC(C)(C)OC(=O)N[C@H](C(=O)O[C@H]1[C@@H](O)[C@](C#N)(c2ccc(/C(N)=N\C=N)[nH]2)O[C@@H]1COC(=O)CC1CCC1)C(C)(C)C. The van der Waals surface area contributed by atoms with Crippen molar-refractivity contribution in [3.8, 4) is 6.07 Å². The van der Waals surface area contributed by atoms with Crippen LogP contribution in [-0.4, -0.2) is 76.9 Å². The highest BCUT2D eigenvalue weighted by Gasteiger charge is 2.60. The molecule has 6 N–H and O–H groups in total. The Balaban J connectivity index is 1.90. The number of carbonyl (C=O) groups excluding carboxylic acids is 3. The predicted octanol–water partition coefficient (Wildman–Crippen LogP) is 2.39. The van der Waals surface area contributed by atoms with Crippen LogP contribution in [0.5, 0.6) is 0 Å². The zero-order valence-electron chi connectivity index (χ0n) is 25.4. The van der Waals surface area contributed by atoms with E-state index >= 15 is 0 Å². The van der Waals surface area contributed by atoms with Crippen molar-refractivity contribution >= 4 is 30.2 Å². The second-order valence-corrected chi connectivity index (χ2v) is 12.9. The molecule has 0 spiro atoms. The molecule has 0 unspecified atom stereocenters. The van der Waals surface area contributed by atoms with Gasteiger partial charge in [0.1, 0.15) is 48.7 Å². The Bertz CT molecular complexity index is 1270. The number of amides is 1. The van der Waals surface area contributed by atoms with Crippen LogP contribution in [0.4, 0.5) is 4.79 Å². The summed E-state index contributed by atoms with van der Waals surface area (Å²) in [6.45, 7) is 9.75. The van der Waals surface area contributed by atoms with E-state index in [1.54, 1.807) is 41.5 Å². The molecule has 2 fully saturated rings. The van der Waals surface area contributed by atoms with E-state index in [-0.39, 0.29) is 29.6 Å². The first-order valence-electron chi connectivity index (χ1n) is 14.2. The zero-order valence-corrected chi connectivity index (χ0v) is 25.4. The average Bonchev–Trinajstić information content (AvgIpc) is 3.46. The van der Waals surface area contributed by atoms with Gasteiger partial charge in [0.15, 0.2) is 6.10 Å². The number of aliphatic hydroxyl groups excluding tert-OH is 1. The maximum Gasteiger partial charge on any atom is 0.408 e. The van der Waals surface area contributed by atoms with Crippen molar-refractivity contribution in [1.29, 1.82) is 10.7 Å². The van der Waals surface area contributed by atoms with Crippen molar-refractivity contribution in [2.75, 3.05) is 6.61 Å². The van der Waals surface area contributed by atoms with Crippen molar-refractivity contribution in [2.24, 2.45) is 22.1 Å². The Kier molecular flexibility index (Phi) is 10.2. The van der Waals surface area contributed by atoms with Crippen LogP contribution in [-0.2, 0) is 34.1 Å². The number of rotatable bonds is 10. The highest BCUT2D eigenvalue weighted by Crippen LogP contribution is 2.41. The fourth-order valence-corrected chi connectivity index (χ4v) is 4.78. The number of nitriles is 1. The molecule has 5 atom stereocenters. The fraction of sp³-hybridized carbons (Fsp3) is 0.655. The van der Waals surface area contributed by atoms with Gasteiger partial charge in [0.05, 0.1) is 11.4 Å². The number of ether oxygens (including phenoxy) is 4. The number of aliphatic imine (C=N–C) groups is 1. The third-order valence-electron chi connectivity index (χ3n) is 7.27. The molecule has 0 aromatic carbocycles. The van der Waals surface area contributed by atoms with Gasteiger partial charge in [0.2, 0.25) is 5.60 Å². The maximum atomic E-state index is 13.6. The molecule has 3 rings (SSSR count). The summed E-state index contributed by atoms with van der Waals surface area (Å²) in [4.78, 5) is 45.2. The normalized spacial score (nSPS) is 25.2. The molecule has 14 heteroatoms. The van der Waals surface area contributed by atoms with Crippen LogP contribution < -0.4 is 11.1 Å². The van der Waals surface area contributed by atoms with Gasteiger partial charge in [-0.2, -0.15) is 5.26 Å². The van der Waals surface area contributed by atoms with Crippen LogP contribution in [0.15, 0.2) is 17.1 Å². The third kappa shape index (κ3) is 8.11. The molecule has 43 heavy (non-hydrogen) atoms. The lowest BCUT2D eigenvalue weighted by atomic mass is 9.83. The van der Waals surface area contributed by atoms with E-state index in [1.165, 1.54) is 12.1 Å². The second kappa shape index (κ2) is 13.1. The lowest BCUT2D eigenvalue weighted by molar-refractivity contribution is -0.165. The van der Waals surface area contributed by atoms with Crippen LogP contribution in [0.1, 0.15) is 78.6 Å². The quantitative estimate of drug-likeness (QED) is 0.114. The number of aromatic amines is 1. The highest BCUT2D eigenvalue weighted by atomic mass is 16.6. The maximum absolute atomic E-state index is 13.6. The fourth-order valence-electron chi connectivity index (χ4n) is 4.78. The molecule has 0 radical (unpaired) electrons. The van der Waals surface area contributed by atoms with E-state index in [4.69, 9.17) is 30.1 Å². The van der Waals surface area contributed by atoms with Gasteiger partial charge in [-0.05, 0) is 57.1 Å². The minimum absolute atomic E-state index is 0.0486. The van der Waals surface area contributed by atoms with Crippen molar-refractivity contribution in [3.63, 3.8) is 0 Å². The number of nitrogens with one attached hydrogen (secondary N) is 3. The average molecular weight is 603 g/mol. The summed E-state index contributed by atoms with van der Waals surface area (Å²) in [5, 5.41) is 31.5. The number of carbonyl (C=O) groups is 3. The number of aromatic nitrogens is 1. The van der Waals surface area contributed by atoms with Gasteiger partial charge in [0.25, 0.3) is 0 Å². The van der Waals surface area contributed by atoms with Crippen molar-refractivity contribution in [2.45, 2.75) is 103 Å². The zero-order chi connectivity index (χ0) is 32.2. The minimum Gasteiger partial charge on any atom is -0.463 e. The van der Waals surface area contributed by atoms with Gasteiger partial charge in [-0.1, -0.05) is 27.2 Å². The molecule has 14 nitrogen and oxygen atoms in total. The van der Waals surface area contributed by atoms with Crippen LogP contribution in [0, 0.1) is 28.1 Å². The van der Waals surface area contributed by atoms with E-state index in [1.807, 2.05) is 6.07 Å². The van der Waals surface area contributed by atoms with Gasteiger partial charge in [0, 0.05) is 6.42 Å². The Morgan fingerprint density at radius 2 is 1.98 bits per heavy atom. The molecule has 236 valence electrons. The molecule has 2 aliphatic rings. The summed E-state index contributed by atoms with van der Waals surface area (Å²) in [5.74, 6) is -1.20. The minimum atomic E-state index is -2.09. The van der Waals surface area contributed by atoms with Crippen LogP contribution >= 0.6 is 0 Å². The molecule has 1 amide bonds. The van der Waals surface area contributed by atoms with Gasteiger partial charge in [-0.25, -0.2) is 14.6 Å². The number of H-pyrrole nitrogens is 1. The lowest BCUT2D eigenvalue weighted by Crippen LogP contribution is -2.53. The van der Waals surface area contributed by atoms with Crippen molar-refractivity contribution in [3.05, 3.63) is 23.5 Å². The number of nitrogens with two attached hydrogens (primary N) is 1. The molecule has 1 aliphatic heterocycles. The molecular weight excluding hydrogens is 560 g/mol. The first-order chi connectivity index (χ1) is 20.0. The summed E-state index contributed by atoms with van der Waals surface area (Å²) in [6.07, 6.45) is -1.43. The first-order valence-corrected chi connectivity index (χ1v) is 14.2. The molecule has 1 saturated carbocycles. The first kappa shape index (κ1) is 33.5. The van der Waals surface area contributed by atoms with Gasteiger partial charge < -0.3 is 40.1 Å². The van der Waals surface area contributed by atoms with Gasteiger partial charge in [-0.3, -0.25) is 10.2 Å². The Morgan fingerprint density at radius 1 is 1.30 bits per heavy atom. The number of esters is 2. The second-order valence-electron chi connectivity index (χ2n) is 12.9. The Labute approximate surface area is 250 Å². The van der Waals surface area contributed by atoms with Gasteiger partial charge in [-0.15, -0.1) is 0 Å². The number of hydrogen-bond donors (Lipinski definition) is 5. The molecule has 2 heterocycles. The van der Waals surface area contributed by atoms with E-state index in [2.05, 4.69) is 15.3 Å². The molecule has 0 bridgehead atoms. The molecular formula is C29H42N6O8. The number of amidine groups is 1. The Hall–Kier alpha value is -3.96. The summed E-state index contributed by atoms with van der Waals surface area (Å²) in [6, 6.07) is 3.68. The summed E-state index contributed by atoms with van der Waals surface area (Å²) in [5.41, 5.74) is 2.42. The predicted molar refractivity (Wildman–Crippen MR) is 154 cm³/mol. The van der Waals surface area contributed by atoms with E-state index in [0.29, 0.717) is 0 Å². The standard InChI is InChI=1S/C29H42N6O8/c1-27(2,3)22(35-26(39)43-28(4,5)6)25(38)41-21-18(13-40-20(36)12-16-8-7-9-16)42-29(14-30,23(21)37)19-11-10-17(34-19)24(32)33-15-31/h10-11,15-16,18,21-23,34,37H,7-9,12-13H2,1-6H3,(H,35,39)(H3,31,32,33)/t18-,21-,22-,23-,29+/m1/s1. The number of hydrogen-bond acceptors (Lipinski definition) is 10. The third-order valence-corrected chi connectivity index (χ3v) is 7.27. The van der Waals surface area contributed by atoms with Crippen molar-refractivity contribution < 1.29 is 38.4 Å². The molecule has 1 aromatic rings. The number of nitrogens with zero attached hydrogens (tertiary/aromatic N) is 2. The summed E-state index contributed by atoms with van der Waals surface area (Å²) in [7, 11) is 0. The molecule has 1 saturated heterocycles. The largest absolute Gasteiger partial charge is 0.463 e. The van der Waals surface area contributed by atoms with Crippen molar-refractivity contribution in [1.82, 2.24) is 10.3 Å². The summed E-state index contributed by atoms with van der Waals surface area (Å²) >= 11 is 0. The lowest BCUT2D eigenvalue weighted by Gasteiger charge is -2.32. The number of aliphatic hydroxyl groups is 1. The van der Waals surface area contributed by atoms with Crippen LogP contribution in [0.3, 0.4) is 0 Å².